The van der Waals surface area contributed by atoms with Crippen LogP contribution in [0.15, 0.2) is 24.3 Å². The number of piperazine rings is 1. The van der Waals surface area contributed by atoms with Crippen LogP contribution in [-0.4, -0.2) is 83.1 Å². The highest BCUT2D eigenvalue weighted by Gasteiger charge is 2.36. The van der Waals surface area contributed by atoms with Crippen molar-refractivity contribution in [2.24, 2.45) is 0 Å². The largest absolute Gasteiger partial charge is 0.388 e. The fourth-order valence-corrected chi connectivity index (χ4v) is 3.67. The minimum Gasteiger partial charge on any atom is -0.388 e. The fourth-order valence-electron chi connectivity index (χ4n) is 3.67. The van der Waals surface area contributed by atoms with E-state index in [4.69, 9.17) is 4.74 Å². The molecule has 0 radical (unpaired) electrons. The summed E-state index contributed by atoms with van der Waals surface area (Å²) in [4.78, 5) is 26.1. The van der Waals surface area contributed by atoms with Gasteiger partial charge in [-0.25, -0.2) is 0 Å². The molecule has 27 heavy (non-hydrogen) atoms. The highest BCUT2D eigenvalue weighted by Crippen LogP contribution is 2.19. The average Bonchev–Trinajstić information content (AvgIpc) is 3.09. The second-order valence-corrected chi connectivity index (χ2v) is 6.97. The Labute approximate surface area is 156 Å². The number of fused-ring (bicyclic) bond motifs is 1. The highest BCUT2D eigenvalue weighted by molar-refractivity contribution is 6.04. The van der Waals surface area contributed by atoms with Crippen LogP contribution in [0.5, 0.6) is 0 Å². The number of ether oxygens (including phenoxy) is 1. The Morgan fingerprint density at radius 1 is 1.41 bits per heavy atom. The third-order valence-electron chi connectivity index (χ3n) is 5.11. The molecule has 2 aliphatic rings. The van der Waals surface area contributed by atoms with Gasteiger partial charge in [0.25, 0.3) is 5.91 Å². The van der Waals surface area contributed by atoms with Gasteiger partial charge in [-0.15, -0.1) is 0 Å². The molecule has 2 fully saturated rings. The van der Waals surface area contributed by atoms with Crippen LogP contribution in [-0.2, 0) is 9.53 Å². The van der Waals surface area contributed by atoms with E-state index in [0.717, 1.165) is 10.9 Å². The molecule has 0 saturated carbocycles. The van der Waals surface area contributed by atoms with Crippen LogP contribution in [0, 0.1) is 0 Å². The maximum absolute atomic E-state index is 12.7. The van der Waals surface area contributed by atoms with E-state index in [-0.39, 0.29) is 11.8 Å². The van der Waals surface area contributed by atoms with Gasteiger partial charge in [-0.2, -0.15) is 5.10 Å². The number of aromatic amines is 1. The lowest BCUT2D eigenvalue weighted by molar-refractivity contribution is -0.127. The van der Waals surface area contributed by atoms with Gasteiger partial charge in [0.05, 0.1) is 24.2 Å². The average molecular weight is 373 g/mol. The van der Waals surface area contributed by atoms with Crippen molar-refractivity contribution in [3.8, 4) is 0 Å². The Balaban J connectivity index is 1.41. The molecular weight excluding hydrogens is 350 g/mol. The van der Waals surface area contributed by atoms with Gasteiger partial charge < -0.3 is 20.5 Å². The molecular formula is C18H23N5O4. The zero-order valence-electron chi connectivity index (χ0n) is 14.9. The highest BCUT2D eigenvalue weighted by atomic mass is 16.5. The van der Waals surface area contributed by atoms with Gasteiger partial charge in [0.1, 0.15) is 6.10 Å². The predicted molar refractivity (Wildman–Crippen MR) is 97.2 cm³/mol. The summed E-state index contributed by atoms with van der Waals surface area (Å²) in [5, 5.41) is 24.0. The number of amides is 2. The molecule has 2 aliphatic heterocycles. The molecule has 1 aromatic heterocycles. The summed E-state index contributed by atoms with van der Waals surface area (Å²) < 4.78 is 5.70. The Hall–Kier alpha value is -2.49. The Morgan fingerprint density at radius 2 is 2.26 bits per heavy atom. The van der Waals surface area contributed by atoms with E-state index in [2.05, 4.69) is 20.8 Å². The van der Waals surface area contributed by atoms with Crippen LogP contribution in [0.25, 0.3) is 10.9 Å². The molecule has 0 spiro atoms. The normalized spacial score (nSPS) is 26.7. The summed E-state index contributed by atoms with van der Waals surface area (Å²) in [6, 6.07) is 6.98. The summed E-state index contributed by atoms with van der Waals surface area (Å²) in [6.07, 6.45) is -0.782. The van der Waals surface area contributed by atoms with Crippen molar-refractivity contribution in [1.82, 2.24) is 25.7 Å². The van der Waals surface area contributed by atoms with Gasteiger partial charge in [0.2, 0.25) is 5.91 Å². The number of benzene rings is 1. The van der Waals surface area contributed by atoms with Gasteiger partial charge in [0, 0.05) is 31.6 Å². The SMILES string of the molecule is O=C1CN(C[C@H]2OCC[C@H](NC(=O)c3n[nH]c4ccccc34)[C@@H]2O)CCN1. The standard InChI is InChI=1S/C18H23N5O4/c24-15-10-23(7-6-19-15)9-14-17(25)13(5-8-27-14)20-18(26)16-11-3-1-2-4-12(11)21-22-16/h1-4,13-14,17,25H,5-10H2,(H,19,24)(H,20,26)(H,21,22)/t13-,14+,17-/m0/s1. The maximum atomic E-state index is 12.7. The van der Waals surface area contributed by atoms with Crippen molar-refractivity contribution in [3.05, 3.63) is 30.0 Å². The van der Waals surface area contributed by atoms with E-state index >= 15 is 0 Å². The Kier molecular flexibility index (Phi) is 5.06. The second-order valence-electron chi connectivity index (χ2n) is 6.97. The molecule has 1 aromatic carbocycles. The van der Waals surface area contributed by atoms with Crippen LogP contribution in [0.3, 0.4) is 0 Å². The van der Waals surface area contributed by atoms with Gasteiger partial charge in [-0.1, -0.05) is 18.2 Å². The number of rotatable bonds is 4. The Bertz CT molecular complexity index is 838. The Morgan fingerprint density at radius 3 is 3.11 bits per heavy atom. The molecule has 2 saturated heterocycles. The second kappa shape index (κ2) is 7.63. The van der Waals surface area contributed by atoms with E-state index in [0.29, 0.717) is 44.9 Å². The zero-order valence-corrected chi connectivity index (χ0v) is 14.9. The third-order valence-corrected chi connectivity index (χ3v) is 5.11. The number of hydrogen-bond donors (Lipinski definition) is 4. The van der Waals surface area contributed by atoms with Crippen molar-refractivity contribution >= 4 is 22.7 Å². The first-order chi connectivity index (χ1) is 13.1. The monoisotopic (exact) mass is 373 g/mol. The molecule has 144 valence electrons. The van der Waals surface area contributed by atoms with Crippen LogP contribution < -0.4 is 10.6 Å². The quantitative estimate of drug-likeness (QED) is 0.560. The number of nitrogens with zero attached hydrogens (tertiary/aromatic N) is 2. The van der Waals surface area contributed by atoms with Gasteiger partial charge in [-0.05, 0) is 12.5 Å². The summed E-state index contributed by atoms with van der Waals surface area (Å²) >= 11 is 0. The summed E-state index contributed by atoms with van der Waals surface area (Å²) in [5.74, 6) is -0.351. The third kappa shape index (κ3) is 3.80. The van der Waals surface area contributed by atoms with Crippen LogP contribution in [0.2, 0.25) is 0 Å². The van der Waals surface area contributed by atoms with E-state index in [1.807, 2.05) is 29.2 Å². The van der Waals surface area contributed by atoms with Crippen LogP contribution in [0.1, 0.15) is 16.9 Å². The topological polar surface area (TPSA) is 120 Å². The lowest BCUT2D eigenvalue weighted by Crippen LogP contribution is -2.58. The number of aliphatic hydroxyl groups excluding tert-OH is 1. The molecule has 9 nitrogen and oxygen atoms in total. The van der Waals surface area contributed by atoms with Crippen molar-refractivity contribution in [2.45, 2.75) is 24.7 Å². The molecule has 4 rings (SSSR count). The molecule has 9 heteroatoms. The summed E-state index contributed by atoms with van der Waals surface area (Å²) in [6.45, 7) is 2.49. The molecule has 0 aliphatic carbocycles. The summed E-state index contributed by atoms with van der Waals surface area (Å²) in [5.41, 5.74) is 1.10. The first-order valence-electron chi connectivity index (χ1n) is 9.14. The number of carbonyl (C=O) groups excluding carboxylic acids is 2. The number of nitrogens with one attached hydrogen (secondary N) is 3. The zero-order chi connectivity index (χ0) is 18.8. The number of para-hydroxylation sites is 1. The lowest BCUT2D eigenvalue weighted by atomic mass is 9.98. The molecule has 3 heterocycles. The molecule has 2 amide bonds. The minimum absolute atomic E-state index is 0.0261. The van der Waals surface area contributed by atoms with Crippen molar-refractivity contribution in [2.75, 3.05) is 32.8 Å². The molecule has 3 atom stereocenters. The summed E-state index contributed by atoms with van der Waals surface area (Å²) in [7, 11) is 0. The lowest BCUT2D eigenvalue weighted by Gasteiger charge is -2.38. The van der Waals surface area contributed by atoms with Gasteiger partial charge >= 0.3 is 0 Å². The van der Waals surface area contributed by atoms with E-state index < -0.39 is 18.2 Å². The number of carbonyl (C=O) groups is 2. The smallest absolute Gasteiger partial charge is 0.272 e. The van der Waals surface area contributed by atoms with Gasteiger partial charge in [0.15, 0.2) is 5.69 Å². The fraction of sp³-hybridized carbons (Fsp3) is 0.500. The molecule has 0 unspecified atom stereocenters. The minimum atomic E-state index is -0.849. The number of H-pyrrole nitrogens is 1. The van der Waals surface area contributed by atoms with Crippen molar-refractivity contribution in [1.29, 1.82) is 0 Å². The molecule has 4 N–H and O–H groups in total. The van der Waals surface area contributed by atoms with Crippen molar-refractivity contribution in [3.63, 3.8) is 0 Å². The number of aromatic nitrogens is 2. The van der Waals surface area contributed by atoms with Crippen LogP contribution in [0.4, 0.5) is 0 Å². The number of hydrogen-bond acceptors (Lipinski definition) is 6. The van der Waals surface area contributed by atoms with Crippen LogP contribution >= 0.6 is 0 Å². The van der Waals surface area contributed by atoms with E-state index in [1.54, 1.807) is 0 Å². The number of aliphatic hydroxyl groups is 1. The van der Waals surface area contributed by atoms with E-state index in [9.17, 15) is 14.7 Å². The van der Waals surface area contributed by atoms with Crippen molar-refractivity contribution < 1.29 is 19.4 Å². The van der Waals surface area contributed by atoms with Gasteiger partial charge in [-0.3, -0.25) is 19.6 Å². The molecule has 0 bridgehead atoms. The molecule has 2 aromatic rings. The predicted octanol–water partition coefficient (Wildman–Crippen LogP) is -0.757. The maximum Gasteiger partial charge on any atom is 0.272 e. The van der Waals surface area contributed by atoms with E-state index in [1.165, 1.54) is 0 Å². The first kappa shape index (κ1) is 17.9. The first-order valence-corrected chi connectivity index (χ1v) is 9.14.